The number of nitrogens with one attached hydrogen (secondary N) is 3. The number of nitrogens with zero attached hydrogens (tertiary/aromatic N) is 2. The Balaban J connectivity index is 0.00000392. The Labute approximate surface area is 188 Å². The Hall–Kier alpha value is -1.68. The molecule has 6 nitrogen and oxygen atoms in total. The van der Waals surface area contributed by atoms with Gasteiger partial charge in [-0.3, -0.25) is 9.79 Å². The fourth-order valence-electron chi connectivity index (χ4n) is 2.41. The molecule has 0 spiro atoms. The topological polar surface area (TPSA) is 78.4 Å². The summed E-state index contributed by atoms with van der Waals surface area (Å²) in [6.45, 7) is 9.37. The lowest BCUT2D eigenvalue weighted by Gasteiger charge is -2.13. The summed E-state index contributed by atoms with van der Waals surface area (Å²) in [6, 6.07) is 7.81. The molecule has 0 aliphatic heterocycles. The number of aliphatic imine (C=N–C) groups is 1. The SMILES string of the molecule is CCC(C)NC(=O)c1cccc(CNC(=NC)NCc2nc(C)c(C)s2)c1.I. The zero-order chi connectivity index (χ0) is 19.8. The van der Waals surface area contributed by atoms with Crippen LogP contribution >= 0.6 is 35.3 Å². The van der Waals surface area contributed by atoms with Crippen molar-refractivity contribution >= 4 is 47.2 Å². The van der Waals surface area contributed by atoms with Crippen molar-refractivity contribution in [2.24, 2.45) is 4.99 Å². The highest BCUT2D eigenvalue weighted by atomic mass is 127. The van der Waals surface area contributed by atoms with Gasteiger partial charge in [0.05, 0.1) is 12.2 Å². The number of hydrogen-bond donors (Lipinski definition) is 3. The molecule has 3 N–H and O–H groups in total. The van der Waals surface area contributed by atoms with E-state index < -0.39 is 0 Å². The van der Waals surface area contributed by atoms with Gasteiger partial charge in [0.25, 0.3) is 5.91 Å². The molecule has 1 heterocycles. The molecule has 1 atom stereocenters. The van der Waals surface area contributed by atoms with E-state index >= 15 is 0 Å². The smallest absolute Gasteiger partial charge is 0.251 e. The Kier molecular flexibility index (Phi) is 10.4. The zero-order valence-electron chi connectivity index (χ0n) is 17.1. The van der Waals surface area contributed by atoms with Gasteiger partial charge < -0.3 is 16.0 Å². The molecule has 1 unspecified atom stereocenters. The minimum Gasteiger partial charge on any atom is -0.352 e. The number of thiazole rings is 1. The largest absolute Gasteiger partial charge is 0.352 e. The highest BCUT2D eigenvalue weighted by Crippen LogP contribution is 2.15. The van der Waals surface area contributed by atoms with Crippen LogP contribution in [0.25, 0.3) is 0 Å². The monoisotopic (exact) mass is 515 g/mol. The number of guanidine groups is 1. The molecular weight excluding hydrogens is 485 g/mol. The average Bonchev–Trinajstić information content (AvgIpc) is 2.99. The van der Waals surface area contributed by atoms with Gasteiger partial charge >= 0.3 is 0 Å². The maximum Gasteiger partial charge on any atom is 0.251 e. The third kappa shape index (κ3) is 7.38. The summed E-state index contributed by atoms with van der Waals surface area (Å²) in [5, 5.41) is 10.6. The van der Waals surface area contributed by atoms with Crippen LogP contribution in [0, 0.1) is 13.8 Å². The van der Waals surface area contributed by atoms with Crippen molar-refractivity contribution in [3.63, 3.8) is 0 Å². The molecule has 28 heavy (non-hydrogen) atoms. The molecule has 2 rings (SSSR count). The number of halogens is 1. The number of amides is 1. The molecule has 0 radical (unpaired) electrons. The predicted molar refractivity (Wildman–Crippen MR) is 128 cm³/mol. The van der Waals surface area contributed by atoms with Crippen LogP contribution in [0.2, 0.25) is 0 Å². The van der Waals surface area contributed by atoms with Crippen LogP contribution in [0.4, 0.5) is 0 Å². The molecule has 0 fully saturated rings. The first-order valence-electron chi connectivity index (χ1n) is 9.20. The van der Waals surface area contributed by atoms with Crippen molar-refractivity contribution < 1.29 is 4.79 Å². The van der Waals surface area contributed by atoms with E-state index in [1.54, 1.807) is 18.4 Å². The number of hydrogen-bond acceptors (Lipinski definition) is 4. The first-order valence-corrected chi connectivity index (χ1v) is 10.0. The van der Waals surface area contributed by atoms with Gasteiger partial charge in [-0.05, 0) is 44.9 Å². The van der Waals surface area contributed by atoms with Crippen molar-refractivity contribution in [3.05, 3.63) is 51.0 Å². The fraction of sp³-hybridized carbons (Fsp3) is 0.450. The van der Waals surface area contributed by atoms with Crippen molar-refractivity contribution in [1.29, 1.82) is 0 Å². The summed E-state index contributed by atoms with van der Waals surface area (Å²) >= 11 is 1.69. The molecule has 0 saturated carbocycles. The van der Waals surface area contributed by atoms with Gasteiger partial charge in [-0.2, -0.15) is 0 Å². The van der Waals surface area contributed by atoms with Gasteiger partial charge in [-0.15, -0.1) is 35.3 Å². The Morgan fingerprint density at radius 2 is 1.96 bits per heavy atom. The summed E-state index contributed by atoms with van der Waals surface area (Å²) in [5.74, 6) is 0.665. The molecule has 1 amide bonds. The minimum atomic E-state index is -0.0387. The molecule has 0 saturated heterocycles. The summed E-state index contributed by atoms with van der Waals surface area (Å²) in [4.78, 5) is 22.3. The third-order valence-corrected chi connectivity index (χ3v) is 5.42. The fourth-order valence-corrected chi connectivity index (χ4v) is 3.29. The van der Waals surface area contributed by atoms with Gasteiger partial charge in [0.15, 0.2) is 5.96 Å². The molecule has 1 aromatic heterocycles. The van der Waals surface area contributed by atoms with E-state index in [2.05, 4.69) is 39.8 Å². The van der Waals surface area contributed by atoms with E-state index in [4.69, 9.17) is 0 Å². The number of carbonyl (C=O) groups is 1. The Morgan fingerprint density at radius 3 is 2.57 bits per heavy atom. The van der Waals surface area contributed by atoms with Gasteiger partial charge in [0, 0.05) is 30.1 Å². The molecular formula is C20H30IN5OS. The number of aromatic nitrogens is 1. The molecule has 0 aliphatic rings. The second-order valence-electron chi connectivity index (χ2n) is 6.51. The summed E-state index contributed by atoms with van der Waals surface area (Å²) in [7, 11) is 1.74. The van der Waals surface area contributed by atoms with Crippen LogP contribution in [0.1, 0.15) is 51.8 Å². The van der Waals surface area contributed by atoms with Gasteiger partial charge in [0.1, 0.15) is 5.01 Å². The molecule has 1 aromatic carbocycles. The summed E-state index contributed by atoms with van der Waals surface area (Å²) in [5.41, 5.74) is 2.77. The summed E-state index contributed by atoms with van der Waals surface area (Å²) in [6.07, 6.45) is 0.910. The maximum absolute atomic E-state index is 12.3. The lowest BCUT2D eigenvalue weighted by molar-refractivity contribution is 0.0939. The summed E-state index contributed by atoms with van der Waals surface area (Å²) < 4.78 is 0. The van der Waals surface area contributed by atoms with E-state index in [0.29, 0.717) is 24.6 Å². The standard InChI is InChI=1S/C20H29N5OS.HI/c1-6-13(2)24-19(26)17-9-7-8-16(10-17)11-22-20(21-5)23-12-18-25-14(3)15(4)27-18;/h7-10,13H,6,11-12H2,1-5H3,(H,24,26)(H2,21,22,23);1H. The quantitative estimate of drug-likeness (QED) is 0.298. The van der Waals surface area contributed by atoms with E-state index in [1.807, 2.05) is 38.1 Å². The molecule has 0 bridgehead atoms. The van der Waals surface area contributed by atoms with Crippen LogP contribution in [0.3, 0.4) is 0 Å². The molecule has 8 heteroatoms. The maximum atomic E-state index is 12.3. The van der Waals surface area contributed by atoms with Crippen LogP contribution in [-0.2, 0) is 13.1 Å². The van der Waals surface area contributed by atoms with E-state index in [1.165, 1.54) is 4.88 Å². The highest BCUT2D eigenvalue weighted by molar-refractivity contribution is 14.0. The normalized spacial score (nSPS) is 12.1. The molecule has 154 valence electrons. The third-order valence-electron chi connectivity index (χ3n) is 4.34. The minimum absolute atomic E-state index is 0. The van der Waals surface area contributed by atoms with Crippen LogP contribution < -0.4 is 16.0 Å². The number of aryl methyl sites for hydroxylation is 2. The number of carbonyl (C=O) groups excluding carboxylic acids is 1. The zero-order valence-corrected chi connectivity index (χ0v) is 20.3. The average molecular weight is 515 g/mol. The lowest BCUT2D eigenvalue weighted by atomic mass is 10.1. The van der Waals surface area contributed by atoms with E-state index in [0.717, 1.165) is 22.7 Å². The second-order valence-corrected chi connectivity index (χ2v) is 7.80. The van der Waals surface area contributed by atoms with Gasteiger partial charge in [-0.25, -0.2) is 4.98 Å². The van der Waals surface area contributed by atoms with Gasteiger partial charge in [0.2, 0.25) is 0 Å². The molecule has 2 aromatic rings. The van der Waals surface area contributed by atoms with Crippen molar-refractivity contribution in [3.8, 4) is 0 Å². The predicted octanol–water partition coefficient (Wildman–Crippen LogP) is 3.77. The first kappa shape index (κ1) is 24.4. The molecule has 0 aliphatic carbocycles. The van der Waals surface area contributed by atoms with Crippen LogP contribution in [-0.4, -0.2) is 29.9 Å². The highest BCUT2D eigenvalue weighted by Gasteiger charge is 2.09. The van der Waals surface area contributed by atoms with E-state index in [-0.39, 0.29) is 35.9 Å². The first-order chi connectivity index (χ1) is 12.9. The lowest BCUT2D eigenvalue weighted by Crippen LogP contribution is -2.36. The Bertz CT molecular complexity index is 786. The van der Waals surface area contributed by atoms with Crippen LogP contribution in [0.5, 0.6) is 0 Å². The second kappa shape index (κ2) is 12.0. The van der Waals surface area contributed by atoms with Crippen molar-refractivity contribution in [1.82, 2.24) is 20.9 Å². The number of benzene rings is 1. The number of rotatable bonds is 7. The Morgan fingerprint density at radius 1 is 1.25 bits per heavy atom. The van der Waals surface area contributed by atoms with Gasteiger partial charge in [-0.1, -0.05) is 19.1 Å². The van der Waals surface area contributed by atoms with Crippen molar-refractivity contribution in [2.75, 3.05) is 7.05 Å². The van der Waals surface area contributed by atoms with E-state index in [9.17, 15) is 4.79 Å². The van der Waals surface area contributed by atoms with Crippen molar-refractivity contribution in [2.45, 2.75) is 53.2 Å². The van der Waals surface area contributed by atoms with Crippen LogP contribution in [0.15, 0.2) is 29.3 Å².